The van der Waals surface area contributed by atoms with Crippen molar-refractivity contribution >= 4 is 11.3 Å². The molecule has 0 amide bonds. The standard InChI is InChI=1S/C14H16FNO2S/c1-16-13(14-12(18-3)6-7-19-14)10-8-9(15)4-5-11(10)17-2/h4-8,13,16H,1-3H3. The van der Waals surface area contributed by atoms with Crippen LogP contribution in [0.5, 0.6) is 11.5 Å². The van der Waals surface area contributed by atoms with Crippen molar-refractivity contribution in [3.63, 3.8) is 0 Å². The van der Waals surface area contributed by atoms with Crippen LogP contribution in [-0.2, 0) is 0 Å². The van der Waals surface area contributed by atoms with E-state index in [2.05, 4.69) is 5.32 Å². The SMILES string of the molecule is CNC(c1cc(F)ccc1OC)c1sccc1OC. The molecule has 0 bridgehead atoms. The van der Waals surface area contributed by atoms with Crippen molar-refractivity contribution in [1.29, 1.82) is 0 Å². The Hall–Kier alpha value is -1.59. The summed E-state index contributed by atoms with van der Waals surface area (Å²) in [5.74, 6) is 1.15. The number of hydrogen-bond donors (Lipinski definition) is 1. The van der Waals surface area contributed by atoms with Crippen molar-refractivity contribution in [2.24, 2.45) is 0 Å². The second-order valence-corrected chi connectivity index (χ2v) is 4.91. The maximum absolute atomic E-state index is 13.5. The minimum absolute atomic E-state index is 0.166. The highest BCUT2D eigenvalue weighted by atomic mass is 32.1. The molecule has 1 N–H and O–H groups in total. The predicted molar refractivity (Wildman–Crippen MR) is 74.7 cm³/mol. The maximum Gasteiger partial charge on any atom is 0.134 e. The van der Waals surface area contributed by atoms with E-state index in [1.165, 1.54) is 12.1 Å². The van der Waals surface area contributed by atoms with Crippen LogP contribution in [0.1, 0.15) is 16.5 Å². The Kier molecular flexibility index (Phi) is 4.39. The van der Waals surface area contributed by atoms with Gasteiger partial charge in [0.1, 0.15) is 17.3 Å². The van der Waals surface area contributed by atoms with Crippen LogP contribution in [0.15, 0.2) is 29.6 Å². The smallest absolute Gasteiger partial charge is 0.134 e. The number of ether oxygens (including phenoxy) is 2. The molecule has 0 aliphatic heterocycles. The monoisotopic (exact) mass is 281 g/mol. The lowest BCUT2D eigenvalue weighted by Crippen LogP contribution is -2.18. The minimum atomic E-state index is -0.286. The normalized spacial score (nSPS) is 12.2. The van der Waals surface area contributed by atoms with Gasteiger partial charge in [0.05, 0.1) is 25.1 Å². The van der Waals surface area contributed by atoms with E-state index in [-0.39, 0.29) is 11.9 Å². The number of halogens is 1. The highest BCUT2D eigenvalue weighted by Crippen LogP contribution is 2.38. The minimum Gasteiger partial charge on any atom is -0.496 e. The van der Waals surface area contributed by atoms with Crippen molar-refractivity contribution in [2.45, 2.75) is 6.04 Å². The highest BCUT2D eigenvalue weighted by molar-refractivity contribution is 7.10. The molecule has 0 saturated heterocycles. The van der Waals surface area contributed by atoms with Crippen molar-refractivity contribution < 1.29 is 13.9 Å². The molecule has 2 rings (SSSR count). The molecule has 0 spiro atoms. The van der Waals surface area contributed by atoms with E-state index in [0.29, 0.717) is 5.75 Å². The summed E-state index contributed by atoms with van der Waals surface area (Å²) in [7, 11) is 5.03. The Morgan fingerprint density at radius 3 is 2.53 bits per heavy atom. The van der Waals surface area contributed by atoms with Gasteiger partial charge in [-0.05, 0) is 36.7 Å². The Bertz CT molecular complexity index is 556. The number of hydrogen-bond acceptors (Lipinski definition) is 4. The van der Waals surface area contributed by atoms with E-state index in [4.69, 9.17) is 9.47 Å². The Balaban J connectivity index is 2.50. The number of methoxy groups -OCH3 is 2. The van der Waals surface area contributed by atoms with Gasteiger partial charge in [-0.15, -0.1) is 11.3 Å². The molecule has 0 saturated carbocycles. The molecule has 102 valence electrons. The van der Waals surface area contributed by atoms with Gasteiger partial charge in [0.2, 0.25) is 0 Å². The molecular weight excluding hydrogens is 265 g/mol. The molecular formula is C14H16FNO2S. The summed E-state index contributed by atoms with van der Waals surface area (Å²) < 4.78 is 24.1. The van der Waals surface area contributed by atoms with E-state index in [0.717, 1.165) is 16.2 Å². The quantitative estimate of drug-likeness (QED) is 0.913. The van der Waals surface area contributed by atoms with E-state index in [1.807, 2.05) is 18.5 Å². The van der Waals surface area contributed by atoms with E-state index in [1.54, 1.807) is 31.6 Å². The number of thiophene rings is 1. The van der Waals surface area contributed by atoms with Gasteiger partial charge in [-0.2, -0.15) is 0 Å². The van der Waals surface area contributed by atoms with Crippen LogP contribution in [0.3, 0.4) is 0 Å². The predicted octanol–water partition coefficient (Wildman–Crippen LogP) is 3.21. The van der Waals surface area contributed by atoms with Crippen LogP contribution in [0, 0.1) is 5.82 Å². The highest BCUT2D eigenvalue weighted by Gasteiger charge is 2.22. The molecule has 0 radical (unpaired) electrons. The zero-order valence-electron chi connectivity index (χ0n) is 11.1. The first-order valence-corrected chi connectivity index (χ1v) is 6.71. The fraction of sp³-hybridized carbons (Fsp3) is 0.286. The number of rotatable bonds is 5. The lowest BCUT2D eigenvalue weighted by atomic mass is 10.0. The molecule has 3 nitrogen and oxygen atoms in total. The zero-order chi connectivity index (χ0) is 13.8. The number of benzene rings is 1. The first-order chi connectivity index (χ1) is 9.21. The van der Waals surface area contributed by atoms with Crippen molar-refractivity contribution in [2.75, 3.05) is 21.3 Å². The first kappa shape index (κ1) is 13.8. The lowest BCUT2D eigenvalue weighted by molar-refractivity contribution is 0.397. The summed E-state index contributed by atoms with van der Waals surface area (Å²) in [5.41, 5.74) is 0.755. The molecule has 5 heteroatoms. The molecule has 1 aromatic heterocycles. The number of nitrogens with one attached hydrogen (secondary N) is 1. The van der Waals surface area contributed by atoms with Crippen LogP contribution in [0.25, 0.3) is 0 Å². The fourth-order valence-electron chi connectivity index (χ4n) is 2.05. The van der Waals surface area contributed by atoms with E-state index >= 15 is 0 Å². The van der Waals surface area contributed by atoms with Crippen molar-refractivity contribution in [1.82, 2.24) is 5.32 Å². The first-order valence-electron chi connectivity index (χ1n) is 5.83. The Labute approximate surface area is 116 Å². The van der Waals surface area contributed by atoms with Crippen LogP contribution >= 0.6 is 11.3 Å². The van der Waals surface area contributed by atoms with Crippen LogP contribution < -0.4 is 14.8 Å². The summed E-state index contributed by atoms with van der Waals surface area (Å²) in [5, 5.41) is 5.13. The van der Waals surface area contributed by atoms with Gasteiger partial charge >= 0.3 is 0 Å². The van der Waals surface area contributed by atoms with Gasteiger partial charge in [0.15, 0.2) is 0 Å². The third kappa shape index (κ3) is 2.72. The third-order valence-corrected chi connectivity index (χ3v) is 3.89. The zero-order valence-corrected chi connectivity index (χ0v) is 11.9. The summed E-state index contributed by atoms with van der Waals surface area (Å²) in [6.45, 7) is 0. The van der Waals surface area contributed by atoms with Crippen LogP contribution in [-0.4, -0.2) is 21.3 Å². The molecule has 0 fully saturated rings. The van der Waals surface area contributed by atoms with Gasteiger partial charge in [0, 0.05) is 5.56 Å². The molecule has 1 unspecified atom stereocenters. The van der Waals surface area contributed by atoms with E-state index < -0.39 is 0 Å². The molecule has 2 aromatic rings. The maximum atomic E-state index is 13.5. The average Bonchev–Trinajstić information content (AvgIpc) is 2.88. The van der Waals surface area contributed by atoms with Gasteiger partial charge < -0.3 is 14.8 Å². The van der Waals surface area contributed by atoms with Crippen LogP contribution in [0.4, 0.5) is 4.39 Å². The summed E-state index contributed by atoms with van der Waals surface area (Å²) in [6.07, 6.45) is 0. The second kappa shape index (κ2) is 6.04. The van der Waals surface area contributed by atoms with Crippen LogP contribution in [0.2, 0.25) is 0 Å². The van der Waals surface area contributed by atoms with Gasteiger partial charge in [-0.25, -0.2) is 4.39 Å². The molecule has 1 aromatic carbocycles. The molecule has 19 heavy (non-hydrogen) atoms. The second-order valence-electron chi connectivity index (χ2n) is 3.96. The summed E-state index contributed by atoms with van der Waals surface area (Å²) >= 11 is 1.56. The Morgan fingerprint density at radius 1 is 1.16 bits per heavy atom. The average molecular weight is 281 g/mol. The summed E-state index contributed by atoms with van der Waals surface area (Å²) in [4.78, 5) is 0.994. The van der Waals surface area contributed by atoms with Gasteiger partial charge in [-0.1, -0.05) is 0 Å². The van der Waals surface area contributed by atoms with Crippen molar-refractivity contribution in [3.8, 4) is 11.5 Å². The molecule has 0 aliphatic carbocycles. The fourth-order valence-corrected chi connectivity index (χ4v) is 3.03. The lowest BCUT2D eigenvalue weighted by Gasteiger charge is -2.19. The molecule has 0 aliphatic rings. The van der Waals surface area contributed by atoms with Gasteiger partial charge in [-0.3, -0.25) is 0 Å². The Morgan fingerprint density at radius 2 is 1.89 bits per heavy atom. The third-order valence-electron chi connectivity index (χ3n) is 2.93. The van der Waals surface area contributed by atoms with Gasteiger partial charge in [0.25, 0.3) is 0 Å². The summed E-state index contributed by atoms with van der Waals surface area (Å²) in [6, 6.07) is 6.24. The molecule has 1 atom stereocenters. The van der Waals surface area contributed by atoms with E-state index in [9.17, 15) is 4.39 Å². The molecule has 1 heterocycles. The topological polar surface area (TPSA) is 30.5 Å². The largest absolute Gasteiger partial charge is 0.496 e. The van der Waals surface area contributed by atoms with Crippen molar-refractivity contribution in [3.05, 3.63) is 45.9 Å².